The quantitative estimate of drug-likeness (QED) is 0.684. The highest BCUT2D eigenvalue weighted by atomic mass is 32.2. The van der Waals surface area contributed by atoms with Crippen molar-refractivity contribution in [2.75, 3.05) is 6.26 Å². The van der Waals surface area contributed by atoms with Gasteiger partial charge in [-0.3, -0.25) is 10.1 Å². The van der Waals surface area contributed by atoms with E-state index in [4.69, 9.17) is 0 Å². The van der Waals surface area contributed by atoms with Crippen molar-refractivity contribution in [3.05, 3.63) is 11.8 Å². The Morgan fingerprint density at radius 2 is 1.52 bits per heavy atom. The second-order valence-corrected chi connectivity index (χ2v) is 7.95. The fraction of sp³-hybridized carbons (Fsp3) is 0.833. The summed E-state index contributed by atoms with van der Waals surface area (Å²) in [7, 11) is 0. The number of allylic oxidation sites excluding steroid dienone is 1. The van der Waals surface area contributed by atoms with Gasteiger partial charge in [0.05, 0.1) is 0 Å². The van der Waals surface area contributed by atoms with Crippen molar-refractivity contribution in [2.24, 2.45) is 0 Å². The summed E-state index contributed by atoms with van der Waals surface area (Å²) in [6.07, 6.45) is 18.2. The number of carbonyl (C=O) groups excluding carboxylic acids is 1. The molecule has 0 saturated heterocycles. The van der Waals surface area contributed by atoms with Gasteiger partial charge in [-0.25, -0.2) is 0 Å². The van der Waals surface area contributed by atoms with Gasteiger partial charge in [-0.15, -0.1) is 0 Å². The van der Waals surface area contributed by atoms with Gasteiger partial charge in [-0.1, -0.05) is 69.5 Å². The Morgan fingerprint density at radius 1 is 1.00 bits per heavy atom. The maximum absolute atomic E-state index is 11.9. The molecule has 0 spiro atoms. The maximum Gasteiger partial charge on any atom is 0.249 e. The third-order valence-corrected chi connectivity index (χ3v) is 5.77. The van der Waals surface area contributed by atoms with Crippen LogP contribution in [0.4, 0.5) is 0 Å². The number of rotatable bonds is 3. The van der Waals surface area contributed by atoms with Crippen LogP contribution < -0.4 is 16.0 Å². The number of hydrogen-bond donors (Lipinski definition) is 3. The molecule has 2 rings (SSSR count). The predicted octanol–water partition coefficient (Wildman–Crippen LogP) is 3.85. The van der Waals surface area contributed by atoms with Crippen LogP contribution in [0.3, 0.4) is 0 Å². The van der Waals surface area contributed by atoms with E-state index in [0.29, 0.717) is 6.04 Å². The van der Waals surface area contributed by atoms with Crippen molar-refractivity contribution in [3.63, 3.8) is 0 Å². The standard InChI is InChI=1S/C18H33N3OS/c1-15-14-17(22)21-18(19-15,23-2)20-16-12-10-8-6-4-3-5-7-9-11-13-16/h14,16,19-20H,3-13H2,1-2H3,(H,21,22)/t18-/m1/s1. The minimum Gasteiger partial charge on any atom is -0.345 e. The van der Waals surface area contributed by atoms with Crippen LogP contribution in [0.5, 0.6) is 0 Å². The van der Waals surface area contributed by atoms with Gasteiger partial charge >= 0.3 is 0 Å². The Balaban J connectivity index is 1.95. The molecule has 0 aromatic carbocycles. The average molecular weight is 340 g/mol. The zero-order valence-corrected chi connectivity index (χ0v) is 15.6. The van der Waals surface area contributed by atoms with E-state index in [1.165, 1.54) is 70.6 Å². The smallest absolute Gasteiger partial charge is 0.249 e. The Hall–Kier alpha value is -0.680. The lowest BCUT2D eigenvalue weighted by Crippen LogP contribution is -2.68. The lowest BCUT2D eigenvalue weighted by atomic mass is 9.98. The molecular weight excluding hydrogens is 306 g/mol. The van der Waals surface area contributed by atoms with Gasteiger partial charge in [-0.2, -0.15) is 0 Å². The van der Waals surface area contributed by atoms with Crippen LogP contribution in [-0.4, -0.2) is 23.3 Å². The summed E-state index contributed by atoms with van der Waals surface area (Å²) in [6.45, 7) is 1.95. The molecule has 0 aromatic rings. The van der Waals surface area contributed by atoms with Gasteiger partial charge in [0.1, 0.15) is 0 Å². The maximum atomic E-state index is 11.9. The fourth-order valence-corrected chi connectivity index (χ4v) is 4.33. The number of thioether (sulfide) groups is 1. The Labute approximate surface area is 145 Å². The molecule has 0 radical (unpaired) electrons. The minimum absolute atomic E-state index is 0.0174. The summed E-state index contributed by atoms with van der Waals surface area (Å²) < 4.78 is 0. The van der Waals surface area contributed by atoms with Gasteiger partial charge in [0.2, 0.25) is 11.0 Å². The first-order chi connectivity index (χ1) is 11.1. The predicted molar refractivity (Wildman–Crippen MR) is 99.0 cm³/mol. The van der Waals surface area contributed by atoms with Gasteiger partial charge in [0.25, 0.3) is 0 Å². The lowest BCUT2D eigenvalue weighted by molar-refractivity contribution is -0.118. The van der Waals surface area contributed by atoms with Crippen molar-refractivity contribution in [2.45, 2.75) is 88.7 Å². The molecule has 1 saturated carbocycles. The van der Waals surface area contributed by atoms with Crippen LogP contribution in [0.25, 0.3) is 0 Å². The molecule has 2 aliphatic rings. The van der Waals surface area contributed by atoms with Gasteiger partial charge in [-0.05, 0) is 26.0 Å². The molecule has 1 aliphatic carbocycles. The first kappa shape index (κ1) is 18.7. The van der Waals surface area contributed by atoms with E-state index in [0.717, 1.165) is 5.70 Å². The molecule has 5 heteroatoms. The third-order valence-electron chi connectivity index (χ3n) is 4.84. The summed E-state index contributed by atoms with van der Waals surface area (Å²) in [4.78, 5) is 11.9. The molecular formula is C18H33N3OS. The molecule has 1 amide bonds. The molecule has 1 fully saturated rings. The summed E-state index contributed by atoms with van der Waals surface area (Å²) in [5, 5.41) is 9.65. The van der Waals surface area contributed by atoms with Crippen molar-refractivity contribution < 1.29 is 4.79 Å². The summed E-state index contributed by atoms with van der Waals surface area (Å²) in [5.41, 5.74) is 0.920. The van der Waals surface area contributed by atoms with Gasteiger partial charge < -0.3 is 10.6 Å². The Morgan fingerprint density at radius 3 is 2.00 bits per heavy atom. The first-order valence-electron chi connectivity index (χ1n) is 9.25. The molecule has 1 heterocycles. The number of nitrogens with one attached hydrogen (secondary N) is 3. The average Bonchev–Trinajstić information content (AvgIpc) is 2.49. The van der Waals surface area contributed by atoms with Crippen LogP contribution in [0, 0.1) is 0 Å². The van der Waals surface area contributed by atoms with E-state index in [9.17, 15) is 4.79 Å². The van der Waals surface area contributed by atoms with Crippen LogP contribution >= 0.6 is 11.8 Å². The second-order valence-electron chi connectivity index (χ2n) is 6.93. The van der Waals surface area contributed by atoms with Gasteiger partial charge in [0.15, 0.2) is 0 Å². The molecule has 132 valence electrons. The van der Waals surface area contributed by atoms with Crippen LogP contribution in [0.15, 0.2) is 11.8 Å². The Bertz CT molecular complexity index is 401. The first-order valence-corrected chi connectivity index (χ1v) is 10.5. The molecule has 1 aliphatic heterocycles. The van der Waals surface area contributed by atoms with Crippen molar-refractivity contribution in [3.8, 4) is 0 Å². The zero-order chi connectivity index (χ0) is 16.5. The van der Waals surface area contributed by atoms with E-state index in [2.05, 4.69) is 16.0 Å². The highest BCUT2D eigenvalue weighted by molar-refractivity contribution is 7.99. The molecule has 0 bridgehead atoms. The number of carbonyl (C=O) groups is 1. The number of amides is 1. The Kier molecular flexibility index (Phi) is 7.77. The fourth-order valence-electron chi connectivity index (χ4n) is 3.58. The van der Waals surface area contributed by atoms with Gasteiger partial charge in [0, 0.05) is 17.8 Å². The minimum atomic E-state index is -0.558. The number of hydrogen-bond acceptors (Lipinski definition) is 4. The van der Waals surface area contributed by atoms with E-state index >= 15 is 0 Å². The van der Waals surface area contributed by atoms with E-state index in [1.54, 1.807) is 17.8 Å². The van der Waals surface area contributed by atoms with Crippen molar-refractivity contribution in [1.29, 1.82) is 0 Å². The van der Waals surface area contributed by atoms with Crippen molar-refractivity contribution >= 4 is 17.7 Å². The normalized spacial score (nSPS) is 28.8. The molecule has 23 heavy (non-hydrogen) atoms. The lowest BCUT2D eigenvalue weighted by Gasteiger charge is -2.41. The van der Waals surface area contributed by atoms with E-state index in [1.807, 2.05) is 13.2 Å². The molecule has 0 unspecified atom stereocenters. The largest absolute Gasteiger partial charge is 0.345 e. The second kappa shape index (κ2) is 9.58. The van der Waals surface area contributed by atoms with Crippen LogP contribution in [-0.2, 0) is 4.79 Å². The SMILES string of the molecule is CS[C@]1(NC2CCCCCCCCCCC2)NC(=O)C=C(C)N1. The van der Waals surface area contributed by atoms with Crippen LogP contribution in [0.2, 0.25) is 0 Å². The monoisotopic (exact) mass is 339 g/mol. The van der Waals surface area contributed by atoms with Crippen molar-refractivity contribution in [1.82, 2.24) is 16.0 Å². The highest BCUT2D eigenvalue weighted by Crippen LogP contribution is 2.23. The summed E-state index contributed by atoms with van der Waals surface area (Å²) in [5.74, 6) is -0.0174. The summed E-state index contributed by atoms with van der Waals surface area (Å²) >= 11 is 1.63. The third kappa shape index (κ3) is 6.38. The topological polar surface area (TPSA) is 53.2 Å². The zero-order valence-electron chi connectivity index (χ0n) is 14.7. The molecule has 0 aromatic heterocycles. The summed E-state index contributed by atoms with van der Waals surface area (Å²) in [6, 6.07) is 0.459. The van der Waals surface area contributed by atoms with E-state index in [-0.39, 0.29) is 5.91 Å². The van der Waals surface area contributed by atoms with Crippen LogP contribution in [0.1, 0.15) is 77.6 Å². The molecule has 3 N–H and O–H groups in total. The molecule has 1 atom stereocenters. The van der Waals surface area contributed by atoms with E-state index < -0.39 is 5.12 Å². The highest BCUT2D eigenvalue weighted by Gasteiger charge is 2.35. The molecule has 4 nitrogen and oxygen atoms in total.